The molecule has 106 valence electrons. The highest BCUT2D eigenvalue weighted by atomic mass is 14.7. The summed E-state index contributed by atoms with van der Waals surface area (Å²) in [6.07, 6.45) is 2.79. The van der Waals surface area contributed by atoms with Gasteiger partial charge in [0.05, 0.1) is 5.70 Å². The van der Waals surface area contributed by atoms with Gasteiger partial charge in [0.1, 0.15) is 0 Å². The number of hydrogen-bond acceptors (Lipinski definition) is 1. The number of nitrogens with zero attached hydrogens (tertiary/aromatic N) is 1. The van der Waals surface area contributed by atoms with Crippen molar-refractivity contribution in [3.05, 3.63) is 89.5 Å². The van der Waals surface area contributed by atoms with Gasteiger partial charge in [0, 0.05) is 11.8 Å². The van der Waals surface area contributed by atoms with Gasteiger partial charge in [0.25, 0.3) is 0 Å². The maximum Gasteiger partial charge on any atom is 0.0694 e. The summed E-state index contributed by atoms with van der Waals surface area (Å²) in [6.45, 7) is 8.18. The van der Waals surface area contributed by atoms with Crippen molar-refractivity contribution in [2.45, 2.75) is 20.3 Å². The van der Waals surface area contributed by atoms with Crippen LogP contribution in [0.4, 0.5) is 0 Å². The van der Waals surface area contributed by atoms with Gasteiger partial charge in [-0.15, -0.1) is 0 Å². The molecule has 0 saturated carbocycles. The number of aliphatic imine (C=N–C) groups is 1. The van der Waals surface area contributed by atoms with Crippen molar-refractivity contribution in [1.29, 1.82) is 0 Å². The Morgan fingerprint density at radius 3 is 2.10 bits per heavy atom. The SMILES string of the molecule is C=C(C)CC(C)=C(N=Cc1ccccc1)c1ccccc1. The second-order valence-electron chi connectivity index (χ2n) is 5.30. The van der Waals surface area contributed by atoms with E-state index in [2.05, 4.69) is 37.8 Å². The van der Waals surface area contributed by atoms with Gasteiger partial charge in [-0.1, -0.05) is 72.8 Å². The lowest BCUT2D eigenvalue weighted by Crippen LogP contribution is -1.90. The number of allylic oxidation sites excluding steroid dienone is 2. The molecule has 0 aliphatic carbocycles. The van der Waals surface area contributed by atoms with Crippen LogP contribution in [0.15, 0.2) is 83.4 Å². The van der Waals surface area contributed by atoms with E-state index < -0.39 is 0 Å². The average Bonchev–Trinajstić information content (AvgIpc) is 2.49. The first-order valence-electron chi connectivity index (χ1n) is 7.15. The highest BCUT2D eigenvalue weighted by Gasteiger charge is 2.04. The van der Waals surface area contributed by atoms with Crippen LogP contribution in [-0.4, -0.2) is 6.21 Å². The molecule has 0 amide bonds. The van der Waals surface area contributed by atoms with Crippen molar-refractivity contribution >= 4 is 11.9 Å². The van der Waals surface area contributed by atoms with E-state index in [1.807, 2.05) is 49.5 Å². The molecule has 0 radical (unpaired) electrons. The predicted molar refractivity (Wildman–Crippen MR) is 92.5 cm³/mol. The third-order valence-electron chi connectivity index (χ3n) is 3.16. The van der Waals surface area contributed by atoms with Crippen molar-refractivity contribution in [2.24, 2.45) is 4.99 Å². The minimum Gasteiger partial charge on any atom is -0.256 e. The number of rotatable bonds is 5. The van der Waals surface area contributed by atoms with Crippen molar-refractivity contribution < 1.29 is 0 Å². The van der Waals surface area contributed by atoms with E-state index in [4.69, 9.17) is 4.99 Å². The smallest absolute Gasteiger partial charge is 0.0694 e. The largest absolute Gasteiger partial charge is 0.256 e. The van der Waals surface area contributed by atoms with Gasteiger partial charge in [-0.05, 0) is 31.4 Å². The van der Waals surface area contributed by atoms with Crippen molar-refractivity contribution in [3.63, 3.8) is 0 Å². The fraction of sp³-hybridized carbons (Fsp3) is 0.150. The average molecular weight is 275 g/mol. The Morgan fingerprint density at radius 2 is 1.52 bits per heavy atom. The molecule has 0 bridgehead atoms. The van der Waals surface area contributed by atoms with Gasteiger partial charge < -0.3 is 0 Å². The first kappa shape index (κ1) is 15.0. The van der Waals surface area contributed by atoms with E-state index >= 15 is 0 Å². The zero-order valence-corrected chi connectivity index (χ0v) is 12.7. The van der Waals surface area contributed by atoms with E-state index in [9.17, 15) is 0 Å². The summed E-state index contributed by atoms with van der Waals surface area (Å²) >= 11 is 0. The van der Waals surface area contributed by atoms with Crippen molar-refractivity contribution in [3.8, 4) is 0 Å². The van der Waals surface area contributed by atoms with Gasteiger partial charge in [-0.2, -0.15) is 0 Å². The maximum absolute atomic E-state index is 4.73. The summed E-state index contributed by atoms with van der Waals surface area (Å²) < 4.78 is 0. The lowest BCUT2D eigenvalue weighted by atomic mass is 10.0. The van der Waals surface area contributed by atoms with E-state index in [0.717, 1.165) is 28.8 Å². The normalized spacial score (nSPS) is 12.3. The minimum atomic E-state index is 0.871. The molecule has 1 heteroatoms. The Kier molecular flexibility index (Phi) is 5.28. The van der Waals surface area contributed by atoms with Crippen LogP contribution in [-0.2, 0) is 0 Å². The standard InChI is InChI=1S/C20H21N/c1-16(2)14-17(3)20(19-12-8-5-9-13-19)21-15-18-10-6-4-7-11-18/h4-13,15H,1,14H2,2-3H3. The van der Waals surface area contributed by atoms with Gasteiger partial charge in [0.15, 0.2) is 0 Å². The van der Waals surface area contributed by atoms with Crippen LogP contribution in [0.3, 0.4) is 0 Å². The van der Waals surface area contributed by atoms with Crippen LogP contribution in [0.25, 0.3) is 5.70 Å². The molecule has 0 aliphatic rings. The van der Waals surface area contributed by atoms with E-state index in [1.54, 1.807) is 0 Å². The Hall–Kier alpha value is -2.41. The molecule has 0 N–H and O–H groups in total. The van der Waals surface area contributed by atoms with Gasteiger partial charge in [0.2, 0.25) is 0 Å². The van der Waals surface area contributed by atoms with Crippen LogP contribution in [0.2, 0.25) is 0 Å². The molecule has 0 unspecified atom stereocenters. The fourth-order valence-corrected chi connectivity index (χ4v) is 2.24. The first-order chi connectivity index (χ1) is 10.2. The van der Waals surface area contributed by atoms with Crippen LogP contribution in [0, 0.1) is 0 Å². The second-order valence-corrected chi connectivity index (χ2v) is 5.30. The molecule has 21 heavy (non-hydrogen) atoms. The van der Waals surface area contributed by atoms with E-state index in [1.165, 1.54) is 5.57 Å². The number of hydrogen-bond donors (Lipinski definition) is 0. The van der Waals surface area contributed by atoms with Gasteiger partial charge in [-0.25, -0.2) is 0 Å². The Labute approximate surface area is 127 Å². The summed E-state index contributed by atoms with van der Waals surface area (Å²) in [5, 5.41) is 0. The first-order valence-corrected chi connectivity index (χ1v) is 7.15. The summed E-state index contributed by atoms with van der Waals surface area (Å²) in [5.74, 6) is 0. The zero-order valence-electron chi connectivity index (χ0n) is 12.7. The Bertz CT molecular complexity index is 649. The monoisotopic (exact) mass is 275 g/mol. The molecular formula is C20H21N. The highest BCUT2D eigenvalue weighted by molar-refractivity contribution is 5.85. The molecule has 2 aromatic rings. The number of benzene rings is 2. The molecular weight excluding hydrogens is 254 g/mol. The van der Waals surface area contributed by atoms with Gasteiger partial charge >= 0.3 is 0 Å². The molecule has 1 nitrogen and oxygen atoms in total. The molecule has 0 heterocycles. The van der Waals surface area contributed by atoms with Crippen LogP contribution >= 0.6 is 0 Å². The summed E-state index contributed by atoms with van der Waals surface area (Å²) in [6, 6.07) is 20.5. The highest BCUT2D eigenvalue weighted by Crippen LogP contribution is 2.24. The molecule has 0 spiro atoms. The summed E-state index contributed by atoms with van der Waals surface area (Å²) in [7, 11) is 0. The minimum absolute atomic E-state index is 0.871. The Morgan fingerprint density at radius 1 is 0.952 bits per heavy atom. The van der Waals surface area contributed by atoms with Crippen LogP contribution < -0.4 is 0 Å². The summed E-state index contributed by atoms with van der Waals surface area (Å²) in [5.41, 5.74) is 5.66. The summed E-state index contributed by atoms with van der Waals surface area (Å²) in [4.78, 5) is 4.73. The Balaban J connectivity index is 2.37. The molecule has 2 rings (SSSR count). The maximum atomic E-state index is 4.73. The lowest BCUT2D eigenvalue weighted by Gasteiger charge is -2.08. The third-order valence-corrected chi connectivity index (χ3v) is 3.16. The van der Waals surface area contributed by atoms with Crippen LogP contribution in [0.1, 0.15) is 31.4 Å². The predicted octanol–water partition coefficient (Wildman–Crippen LogP) is 5.50. The van der Waals surface area contributed by atoms with E-state index in [-0.39, 0.29) is 0 Å². The third kappa shape index (κ3) is 4.57. The van der Waals surface area contributed by atoms with Crippen LogP contribution in [0.5, 0.6) is 0 Å². The quantitative estimate of drug-likeness (QED) is 0.504. The zero-order chi connectivity index (χ0) is 15.1. The van der Waals surface area contributed by atoms with Crippen molar-refractivity contribution in [1.82, 2.24) is 0 Å². The molecule has 0 saturated heterocycles. The van der Waals surface area contributed by atoms with Gasteiger partial charge in [-0.3, -0.25) is 4.99 Å². The second kappa shape index (κ2) is 7.39. The lowest BCUT2D eigenvalue weighted by molar-refractivity contribution is 1.11. The van der Waals surface area contributed by atoms with Crippen molar-refractivity contribution in [2.75, 3.05) is 0 Å². The molecule has 2 aromatic carbocycles. The topological polar surface area (TPSA) is 12.4 Å². The molecule has 0 aromatic heterocycles. The molecule has 0 atom stereocenters. The van der Waals surface area contributed by atoms with E-state index in [0.29, 0.717) is 0 Å². The molecule has 0 fully saturated rings. The fourth-order valence-electron chi connectivity index (χ4n) is 2.24. The molecule has 0 aliphatic heterocycles.